The van der Waals surface area contributed by atoms with Gasteiger partial charge in [-0.25, -0.2) is 0 Å². The van der Waals surface area contributed by atoms with Crippen LogP contribution in [0.15, 0.2) is 6.33 Å². The molecule has 1 aromatic heterocycles. The summed E-state index contributed by atoms with van der Waals surface area (Å²) in [5, 5.41) is 11.5. The molecule has 0 spiro atoms. The Balaban J connectivity index is 1.47. The van der Waals surface area contributed by atoms with Crippen LogP contribution in [-0.2, 0) is 17.9 Å². The van der Waals surface area contributed by atoms with E-state index >= 15 is 0 Å². The zero-order valence-corrected chi connectivity index (χ0v) is 12.6. The van der Waals surface area contributed by atoms with Crippen LogP contribution in [0.1, 0.15) is 38.4 Å². The van der Waals surface area contributed by atoms with Gasteiger partial charge in [0.25, 0.3) is 0 Å². The lowest BCUT2D eigenvalue weighted by Crippen LogP contribution is -2.54. The fourth-order valence-electron chi connectivity index (χ4n) is 2.91. The second-order valence-corrected chi connectivity index (χ2v) is 6.44. The van der Waals surface area contributed by atoms with Gasteiger partial charge in [-0.05, 0) is 39.2 Å². The van der Waals surface area contributed by atoms with Gasteiger partial charge in [-0.15, -0.1) is 10.2 Å². The summed E-state index contributed by atoms with van der Waals surface area (Å²) in [6.45, 7) is 5.68. The standard InChI is InChI=1S/C14H24N6O/c1-14(13(15)21,17-11-3-4-11)5-2-6-19-7-8-20-10-16-18-12(20)9-19/h10-11,17H,2-9H2,1H3,(H2,15,21). The van der Waals surface area contributed by atoms with Crippen LogP contribution in [0.25, 0.3) is 0 Å². The first-order valence-corrected chi connectivity index (χ1v) is 7.73. The number of carbonyl (C=O) groups is 1. The van der Waals surface area contributed by atoms with Crippen molar-refractivity contribution in [2.45, 2.75) is 57.3 Å². The first kappa shape index (κ1) is 14.5. The topological polar surface area (TPSA) is 89.1 Å². The van der Waals surface area contributed by atoms with E-state index in [4.69, 9.17) is 5.73 Å². The lowest BCUT2D eigenvalue weighted by molar-refractivity contribution is -0.124. The predicted molar refractivity (Wildman–Crippen MR) is 78.3 cm³/mol. The third-order valence-electron chi connectivity index (χ3n) is 4.51. The molecule has 0 saturated heterocycles. The van der Waals surface area contributed by atoms with Crippen LogP contribution in [0.4, 0.5) is 0 Å². The normalized spacial score (nSPS) is 21.8. The van der Waals surface area contributed by atoms with Crippen molar-refractivity contribution >= 4 is 5.91 Å². The number of hydrogen-bond acceptors (Lipinski definition) is 5. The van der Waals surface area contributed by atoms with Crippen molar-refractivity contribution in [1.82, 2.24) is 25.0 Å². The first-order valence-electron chi connectivity index (χ1n) is 7.73. The molecule has 116 valence electrons. The fourth-order valence-corrected chi connectivity index (χ4v) is 2.91. The Kier molecular flexibility index (Phi) is 3.95. The molecule has 1 amide bonds. The van der Waals surface area contributed by atoms with Gasteiger partial charge in [0.1, 0.15) is 12.2 Å². The molecular weight excluding hydrogens is 268 g/mol. The molecule has 0 radical (unpaired) electrons. The molecule has 2 heterocycles. The average molecular weight is 292 g/mol. The Morgan fingerprint density at radius 2 is 2.33 bits per heavy atom. The number of rotatable bonds is 7. The summed E-state index contributed by atoms with van der Waals surface area (Å²) in [7, 11) is 0. The molecule has 7 nitrogen and oxygen atoms in total. The summed E-state index contributed by atoms with van der Waals surface area (Å²) >= 11 is 0. The van der Waals surface area contributed by atoms with Crippen LogP contribution in [0, 0.1) is 0 Å². The Bertz CT molecular complexity index is 511. The second-order valence-electron chi connectivity index (χ2n) is 6.44. The first-order chi connectivity index (χ1) is 10.1. The van der Waals surface area contributed by atoms with Crippen molar-refractivity contribution < 1.29 is 4.79 Å². The summed E-state index contributed by atoms with van der Waals surface area (Å²) in [6.07, 6.45) is 5.83. The highest BCUT2D eigenvalue weighted by Crippen LogP contribution is 2.25. The molecule has 1 aliphatic carbocycles. The summed E-state index contributed by atoms with van der Waals surface area (Å²) in [5.74, 6) is 0.780. The summed E-state index contributed by atoms with van der Waals surface area (Å²) < 4.78 is 2.10. The highest BCUT2D eigenvalue weighted by molar-refractivity contribution is 5.84. The van der Waals surface area contributed by atoms with Crippen LogP contribution in [0.5, 0.6) is 0 Å². The molecular formula is C14H24N6O. The van der Waals surface area contributed by atoms with E-state index < -0.39 is 5.54 Å². The number of fused-ring (bicyclic) bond motifs is 1. The van der Waals surface area contributed by atoms with Gasteiger partial charge in [0.05, 0.1) is 12.1 Å². The maximum atomic E-state index is 11.7. The van der Waals surface area contributed by atoms with Gasteiger partial charge >= 0.3 is 0 Å². The van der Waals surface area contributed by atoms with Crippen LogP contribution in [0.2, 0.25) is 0 Å². The summed E-state index contributed by atoms with van der Waals surface area (Å²) in [4.78, 5) is 14.1. The Morgan fingerprint density at radius 1 is 1.52 bits per heavy atom. The lowest BCUT2D eigenvalue weighted by atomic mass is 9.94. The molecule has 1 unspecified atom stereocenters. The Labute approximate surface area is 124 Å². The summed E-state index contributed by atoms with van der Waals surface area (Å²) in [6, 6.07) is 0.482. The van der Waals surface area contributed by atoms with E-state index in [-0.39, 0.29) is 5.91 Å². The molecule has 1 aliphatic heterocycles. The van der Waals surface area contributed by atoms with Gasteiger partial charge in [-0.1, -0.05) is 0 Å². The SMILES string of the molecule is CC(CCCN1CCn2cnnc2C1)(NC1CC1)C(N)=O. The monoisotopic (exact) mass is 292 g/mol. The van der Waals surface area contributed by atoms with Crippen molar-refractivity contribution in [3.05, 3.63) is 12.2 Å². The number of nitrogens with one attached hydrogen (secondary N) is 1. The van der Waals surface area contributed by atoms with Crippen molar-refractivity contribution in [1.29, 1.82) is 0 Å². The highest BCUT2D eigenvalue weighted by Gasteiger charge is 2.36. The van der Waals surface area contributed by atoms with Crippen molar-refractivity contribution in [3.63, 3.8) is 0 Å². The number of amides is 1. The molecule has 2 aliphatic rings. The van der Waals surface area contributed by atoms with Crippen LogP contribution in [-0.4, -0.2) is 50.2 Å². The van der Waals surface area contributed by atoms with E-state index in [9.17, 15) is 4.79 Å². The average Bonchev–Trinajstić information content (AvgIpc) is 3.13. The minimum absolute atomic E-state index is 0.243. The lowest BCUT2D eigenvalue weighted by Gasteiger charge is -2.30. The van der Waals surface area contributed by atoms with Gasteiger partial charge in [0.15, 0.2) is 0 Å². The molecule has 1 saturated carbocycles. The molecule has 1 atom stereocenters. The summed E-state index contributed by atoms with van der Waals surface area (Å²) in [5.41, 5.74) is 5.01. The van der Waals surface area contributed by atoms with Crippen molar-refractivity contribution in [2.75, 3.05) is 13.1 Å². The fraction of sp³-hybridized carbons (Fsp3) is 0.786. The minimum atomic E-state index is -0.572. The minimum Gasteiger partial charge on any atom is -0.368 e. The largest absolute Gasteiger partial charge is 0.368 e. The highest BCUT2D eigenvalue weighted by atomic mass is 16.1. The molecule has 7 heteroatoms. The van der Waals surface area contributed by atoms with Gasteiger partial charge in [-0.2, -0.15) is 0 Å². The van der Waals surface area contributed by atoms with E-state index in [0.717, 1.165) is 57.7 Å². The number of carbonyl (C=O) groups excluding carboxylic acids is 1. The van der Waals surface area contributed by atoms with E-state index in [1.54, 1.807) is 6.33 Å². The Morgan fingerprint density at radius 3 is 3.05 bits per heavy atom. The van der Waals surface area contributed by atoms with Gasteiger partial charge < -0.3 is 15.6 Å². The number of hydrogen-bond donors (Lipinski definition) is 2. The quantitative estimate of drug-likeness (QED) is 0.731. The van der Waals surface area contributed by atoms with E-state index in [1.807, 2.05) is 6.92 Å². The molecule has 0 aromatic carbocycles. The maximum absolute atomic E-state index is 11.7. The number of nitrogens with two attached hydrogens (primary N) is 1. The number of aromatic nitrogens is 3. The van der Waals surface area contributed by atoms with E-state index in [0.29, 0.717) is 6.04 Å². The van der Waals surface area contributed by atoms with Crippen molar-refractivity contribution in [3.8, 4) is 0 Å². The third kappa shape index (κ3) is 3.41. The molecule has 3 N–H and O–H groups in total. The smallest absolute Gasteiger partial charge is 0.237 e. The van der Waals surface area contributed by atoms with Gasteiger partial charge in [0, 0.05) is 19.1 Å². The third-order valence-corrected chi connectivity index (χ3v) is 4.51. The van der Waals surface area contributed by atoms with Gasteiger partial charge in [0.2, 0.25) is 5.91 Å². The molecule has 21 heavy (non-hydrogen) atoms. The zero-order chi connectivity index (χ0) is 14.9. The number of nitrogens with zero attached hydrogens (tertiary/aromatic N) is 4. The van der Waals surface area contributed by atoms with Crippen molar-refractivity contribution in [2.24, 2.45) is 5.73 Å². The molecule has 1 fully saturated rings. The van der Waals surface area contributed by atoms with Crippen LogP contribution < -0.4 is 11.1 Å². The molecule has 1 aromatic rings. The predicted octanol–water partition coefficient (Wildman–Crippen LogP) is -0.130. The van der Waals surface area contributed by atoms with E-state index in [1.165, 1.54) is 0 Å². The van der Waals surface area contributed by atoms with Crippen LogP contribution in [0.3, 0.4) is 0 Å². The van der Waals surface area contributed by atoms with Crippen LogP contribution >= 0.6 is 0 Å². The molecule has 0 bridgehead atoms. The second kappa shape index (κ2) is 5.73. The van der Waals surface area contributed by atoms with Gasteiger partial charge in [-0.3, -0.25) is 9.69 Å². The number of primary amides is 1. The zero-order valence-electron chi connectivity index (χ0n) is 12.6. The molecule has 3 rings (SSSR count). The maximum Gasteiger partial charge on any atom is 0.237 e. The van der Waals surface area contributed by atoms with E-state index in [2.05, 4.69) is 25.0 Å². The Hall–Kier alpha value is -1.47.